The Kier molecular flexibility index (Phi) is 3.25. The van der Waals surface area contributed by atoms with Crippen LogP contribution in [0, 0.1) is 0 Å². The molecule has 96 valence electrons. The van der Waals surface area contributed by atoms with E-state index in [0.29, 0.717) is 0 Å². The molecule has 0 amide bonds. The first-order chi connectivity index (χ1) is 8.81. The van der Waals surface area contributed by atoms with Gasteiger partial charge in [0.05, 0.1) is 6.54 Å². The van der Waals surface area contributed by atoms with E-state index in [1.807, 2.05) is 29.1 Å². The third-order valence-corrected chi connectivity index (χ3v) is 3.54. The number of rotatable bonds is 3. The van der Waals surface area contributed by atoms with Gasteiger partial charge < -0.3 is 4.90 Å². The van der Waals surface area contributed by atoms with Gasteiger partial charge in [-0.3, -0.25) is 4.90 Å². The predicted octanol–water partition coefficient (Wildman–Crippen LogP) is 0.679. The molecule has 1 fully saturated rings. The summed E-state index contributed by atoms with van der Waals surface area (Å²) in [5.41, 5.74) is 1.96. The van der Waals surface area contributed by atoms with Gasteiger partial charge >= 0.3 is 0 Å². The molecule has 0 saturated carbocycles. The highest BCUT2D eigenvalue weighted by Gasteiger charge is 2.13. The molecule has 0 bridgehead atoms. The number of piperazine rings is 1. The van der Waals surface area contributed by atoms with Crippen LogP contribution in [-0.4, -0.2) is 64.6 Å². The van der Waals surface area contributed by atoms with Crippen molar-refractivity contribution in [3.05, 3.63) is 24.3 Å². The van der Waals surface area contributed by atoms with Gasteiger partial charge in [-0.1, -0.05) is 12.1 Å². The van der Waals surface area contributed by atoms with Crippen LogP contribution in [0.2, 0.25) is 0 Å². The Hall–Kier alpha value is -1.46. The second-order valence-corrected chi connectivity index (χ2v) is 4.93. The SMILES string of the molecule is CN1CCN(CCn2nc3ccccc3n2)CC1. The molecule has 18 heavy (non-hydrogen) atoms. The maximum absolute atomic E-state index is 4.48. The molecule has 1 saturated heterocycles. The number of likely N-dealkylation sites (N-methyl/N-ethyl adjacent to an activating group) is 1. The number of hydrogen-bond donors (Lipinski definition) is 0. The van der Waals surface area contributed by atoms with E-state index in [1.165, 1.54) is 0 Å². The standard InChI is InChI=1S/C13H19N5/c1-16-6-8-17(9-7-16)10-11-18-14-12-4-2-3-5-13(12)15-18/h2-5H,6-11H2,1H3. The topological polar surface area (TPSA) is 37.2 Å². The number of aromatic nitrogens is 3. The van der Waals surface area contributed by atoms with E-state index in [1.54, 1.807) is 0 Å². The fourth-order valence-corrected chi connectivity index (χ4v) is 2.31. The van der Waals surface area contributed by atoms with E-state index >= 15 is 0 Å². The molecule has 1 aromatic carbocycles. The van der Waals surface area contributed by atoms with E-state index in [4.69, 9.17) is 0 Å². The summed E-state index contributed by atoms with van der Waals surface area (Å²) in [7, 11) is 2.18. The van der Waals surface area contributed by atoms with Gasteiger partial charge in [0.2, 0.25) is 0 Å². The molecule has 0 radical (unpaired) electrons. The van der Waals surface area contributed by atoms with Crippen molar-refractivity contribution in [1.29, 1.82) is 0 Å². The maximum atomic E-state index is 4.48. The van der Waals surface area contributed by atoms with Gasteiger partial charge in [0.25, 0.3) is 0 Å². The molecule has 3 rings (SSSR count). The lowest BCUT2D eigenvalue weighted by molar-refractivity contribution is 0.147. The lowest BCUT2D eigenvalue weighted by Gasteiger charge is -2.32. The van der Waals surface area contributed by atoms with Crippen molar-refractivity contribution in [2.24, 2.45) is 0 Å². The monoisotopic (exact) mass is 245 g/mol. The minimum absolute atomic E-state index is 0.873. The fraction of sp³-hybridized carbons (Fsp3) is 0.538. The quantitative estimate of drug-likeness (QED) is 0.797. The minimum Gasteiger partial charge on any atom is -0.304 e. The Balaban J connectivity index is 1.59. The second-order valence-electron chi connectivity index (χ2n) is 4.93. The van der Waals surface area contributed by atoms with Crippen molar-refractivity contribution in [1.82, 2.24) is 24.8 Å². The Morgan fingerprint density at radius 3 is 2.17 bits per heavy atom. The second kappa shape index (κ2) is 5.04. The molecule has 1 aliphatic heterocycles. The summed E-state index contributed by atoms with van der Waals surface area (Å²) in [5, 5.41) is 8.96. The van der Waals surface area contributed by atoms with Crippen LogP contribution in [0.5, 0.6) is 0 Å². The molecule has 0 N–H and O–H groups in total. The fourth-order valence-electron chi connectivity index (χ4n) is 2.31. The van der Waals surface area contributed by atoms with E-state index in [0.717, 1.165) is 50.3 Å². The zero-order valence-corrected chi connectivity index (χ0v) is 10.8. The lowest BCUT2D eigenvalue weighted by atomic mass is 10.3. The highest BCUT2D eigenvalue weighted by Crippen LogP contribution is 2.07. The smallest absolute Gasteiger partial charge is 0.113 e. The Bertz CT molecular complexity index is 480. The summed E-state index contributed by atoms with van der Waals surface area (Å²) in [6, 6.07) is 8.02. The molecule has 1 aliphatic rings. The van der Waals surface area contributed by atoms with Gasteiger partial charge in [0, 0.05) is 32.7 Å². The van der Waals surface area contributed by atoms with E-state index in [-0.39, 0.29) is 0 Å². The van der Waals surface area contributed by atoms with Crippen LogP contribution >= 0.6 is 0 Å². The molecular weight excluding hydrogens is 226 g/mol. The number of hydrogen-bond acceptors (Lipinski definition) is 4. The Labute approximate surface area is 107 Å². The first kappa shape index (κ1) is 11.6. The predicted molar refractivity (Wildman–Crippen MR) is 71.5 cm³/mol. The molecular formula is C13H19N5. The summed E-state index contributed by atoms with van der Waals surface area (Å²) < 4.78 is 0. The van der Waals surface area contributed by atoms with Crippen molar-refractivity contribution >= 4 is 11.0 Å². The number of benzene rings is 1. The number of nitrogens with zero attached hydrogens (tertiary/aromatic N) is 5. The summed E-state index contributed by atoms with van der Waals surface area (Å²) in [5.74, 6) is 0. The summed E-state index contributed by atoms with van der Waals surface area (Å²) in [4.78, 5) is 6.67. The van der Waals surface area contributed by atoms with Gasteiger partial charge in [0.15, 0.2) is 0 Å². The van der Waals surface area contributed by atoms with Crippen molar-refractivity contribution in [3.8, 4) is 0 Å². The van der Waals surface area contributed by atoms with Crippen LogP contribution in [0.3, 0.4) is 0 Å². The normalized spacial score (nSPS) is 18.5. The number of fused-ring (bicyclic) bond motifs is 1. The van der Waals surface area contributed by atoms with Gasteiger partial charge in [0.1, 0.15) is 11.0 Å². The molecule has 0 spiro atoms. The molecule has 0 unspecified atom stereocenters. The zero-order valence-electron chi connectivity index (χ0n) is 10.8. The summed E-state index contributed by atoms with van der Waals surface area (Å²) in [6.07, 6.45) is 0. The average Bonchev–Trinajstić information content (AvgIpc) is 2.81. The van der Waals surface area contributed by atoms with E-state index in [9.17, 15) is 0 Å². The van der Waals surface area contributed by atoms with Gasteiger partial charge in [-0.25, -0.2) is 0 Å². The van der Waals surface area contributed by atoms with Crippen LogP contribution < -0.4 is 0 Å². The summed E-state index contributed by atoms with van der Waals surface area (Å²) >= 11 is 0. The van der Waals surface area contributed by atoms with Gasteiger partial charge in [-0.2, -0.15) is 15.0 Å². The van der Waals surface area contributed by atoms with Crippen molar-refractivity contribution in [2.75, 3.05) is 39.8 Å². The first-order valence-electron chi connectivity index (χ1n) is 6.52. The molecule has 0 atom stereocenters. The Morgan fingerprint density at radius 1 is 0.944 bits per heavy atom. The molecule has 2 aromatic rings. The third kappa shape index (κ3) is 2.52. The van der Waals surface area contributed by atoms with Crippen LogP contribution in [0.15, 0.2) is 24.3 Å². The molecule has 5 nitrogen and oxygen atoms in total. The van der Waals surface area contributed by atoms with Crippen LogP contribution in [0.4, 0.5) is 0 Å². The molecule has 5 heteroatoms. The van der Waals surface area contributed by atoms with Crippen LogP contribution in [0.25, 0.3) is 11.0 Å². The molecule has 1 aromatic heterocycles. The summed E-state index contributed by atoms with van der Waals surface area (Å²) in [6.45, 7) is 6.53. The molecule has 2 heterocycles. The average molecular weight is 245 g/mol. The van der Waals surface area contributed by atoms with E-state index in [2.05, 4.69) is 27.0 Å². The van der Waals surface area contributed by atoms with Gasteiger partial charge in [-0.05, 0) is 19.2 Å². The highest BCUT2D eigenvalue weighted by atomic mass is 15.5. The van der Waals surface area contributed by atoms with Crippen LogP contribution in [-0.2, 0) is 6.54 Å². The largest absolute Gasteiger partial charge is 0.304 e. The zero-order chi connectivity index (χ0) is 12.4. The highest BCUT2D eigenvalue weighted by molar-refractivity contribution is 5.72. The minimum atomic E-state index is 0.873. The maximum Gasteiger partial charge on any atom is 0.113 e. The lowest BCUT2D eigenvalue weighted by Crippen LogP contribution is -2.45. The first-order valence-corrected chi connectivity index (χ1v) is 6.52. The van der Waals surface area contributed by atoms with Gasteiger partial charge in [-0.15, -0.1) is 0 Å². The van der Waals surface area contributed by atoms with Crippen molar-refractivity contribution in [3.63, 3.8) is 0 Å². The molecule has 0 aliphatic carbocycles. The third-order valence-electron chi connectivity index (χ3n) is 3.54. The Morgan fingerprint density at radius 2 is 1.56 bits per heavy atom. The van der Waals surface area contributed by atoms with Crippen molar-refractivity contribution in [2.45, 2.75) is 6.54 Å². The van der Waals surface area contributed by atoms with E-state index < -0.39 is 0 Å². The van der Waals surface area contributed by atoms with Crippen LogP contribution in [0.1, 0.15) is 0 Å². The van der Waals surface area contributed by atoms with Crippen molar-refractivity contribution < 1.29 is 0 Å².